The molecule has 73 heavy (non-hydrogen) atoms. The lowest BCUT2D eigenvalue weighted by Crippen LogP contribution is -2.45. The normalized spacial score (nSPS) is 20.9. The molecular weight excluding hydrogens is 1230 g/mol. The standard InChI is InChI=1S/C27H31Br2ClN4O3.C27H31Br2ClN4O2/c28-20-12-19-2-1-18-13-21(30)14-22(29)24(18)25(26(19)34(37)15-20)17-5-9-32(10-6-17)23(35)11-16-3-7-33(8-4-16)27(31)36;28-20-12-19-2-1-18-13-21(30)14-22(29)24(18)25(26(19)32-15-20)17-5-9-33(10-6-17)23(35)11-16-3-7-34(8-4-16)27(31)36/h12-17,25H,1-11H2,(H2-,31,36,37);12-17,25H,1-11H2,(H2,31,36)/p+1/t2*25-/m11/s1. The smallest absolute Gasteiger partial charge is 0.314 e. The predicted octanol–water partition coefficient (Wildman–Crippen LogP) is 10.9. The van der Waals surface area contributed by atoms with E-state index in [-0.39, 0.29) is 41.6 Å². The van der Waals surface area contributed by atoms with Crippen molar-refractivity contribution in [3.05, 3.63) is 121 Å². The Labute approximate surface area is 471 Å². The highest BCUT2D eigenvalue weighted by atomic mass is 79.9. The fourth-order valence-electron chi connectivity index (χ4n) is 12.7. The monoisotopic (exact) mass is 1290 g/mol. The van der Waals surface area contributed by atoms with Gasteiger partial charge in [0.25, 0.3) is 0 Å². The minimum Gasteiger partial charge on any atom is -0.351 e. The van der Waals surface area contributed by atoms with E-state index in [9.17, 15) is 24.4 Å². The van der Waals surface area contributed by atoms with Crippen LogP contribution in [0.2, 0.25) is 10.0 Å². The van der Waals surface area contributed by atoms with E-state index in [1.165, 1.54) is 32.5 Å². The molecule has 0 unspecified atom stereocenters. The minimum atomic E-state index is -0.376. The highest BCUT2D eigenvalue weighted by Crippen LogP contribution is 2.48. The number of pyridine rings is 2. The molecule has 0 radical (unpaired) electrons. The SMILES string of the molecule is NC(=O)N1CCC(CC(=O)N2CCC([C@@H]3c4c(Br)cc(Cl)cc4CCc4cc(Br)c[n+](O)c43)CC2)CC1.NC(=O)N1CCC(CC(=O)N2CCC([C@H]3c4ncc(Br)cc4CCc4cc(Cl)cc(Br)c43)CC2)CC1. The fraction of sp³-hybridized carbons (Fsp3) is 0.519. The van der Waals surface area contributed by atoms with Gasteiger partial charge in [0.1, 0.15) is 0 Å². The molecule has 4 fully saturated rings. The van der Waals surface area contributed by atoms with Gasteiger partial charge in [-0.05, 0) is 197 Å². The number of carbonyl (C=O) groups excluding carboxylic acids is 4. The molecule has 0 bridgehead atoms. The Hall–Kier alpha value is -3.48. The third kappa shape index (κ3) is 12.5. The lowest BCUT2D eigenvalue weighted by atomic mass is 9.76. The first-order valence-corrected chi connectivity index (χ1v) is 29.6. The maximum Gasteiger partial charge on any atom is 0.314 e. The van der Waals surface area contributed by atoms with Crippen LogP contribution in [-0.2, 0) is 35.3 Å². The molecule has 13 nitrogen and oxygen atoms in total. The summed E-state index contributed by atoms with van der Waals surface area (Å²) in [6.45, 7) is 5.52. The maximum atomic E-state index is 13.1. The summed E-state index contributed by atoms with van der Waals surface area (Å²) in [6, 6.07) is 11.7. The van der Waals surface area contributed by atoms with Crippen LogP contribution in [-0.4, -0.2) is 106 Å². The number of primary amides is 2. The second kappa shape index (κ2) is 23.8. The second-order valence-electron chi connectivity index (χ2n) is 20.9. The van der Waals surface area contributed by atoms with Crippen LogP contribution in [0.5, 0.6) is 0 Å². The number of urea groups is 2. The number of nitrogens with zero attached hydrogens (tertiary/aromatic N) is 6. The number of hydrogen-bond donors (Lipinski definition) is 3. The van der Waals surface area contributed by atoms with Crippen LogP contribution in [0.1, 0.15) is 121 Å². The molecule has 2 aromatic carbocycles. The number of rotatable bonds is 6. The van der Waals surface area contributed by atoms with E-state index < -0.39 is 0 Å². The number of fused-ring (bicyclic) bond motifs is 4. The molecule has 390 valence electrons. The summed E-state index contributed by atoms with van der Waals surface area (Å²) in [5.74, 6) is 1.91. The summed E-state index contributed by atoms with van der Waals surface area (Å²) in [4.78, 5) is 61.3. The van der Waals surface area contributed by atoms with Crippen molar-refractivity contribution in [1.29, 1.82) is 0 Å². The van der Waals surface area contributed by atoms with Crippen molar-refractivity contribution in [1.82, 2.24) is 24.6 Å². The van der Waals surface area contributed by atoms with E-state index >= 15 is 0 Å². The number of hydrogen-bond acceptors (Lipinski definition) is 6. The van der Waals surface area contributed by atoms with Crippen LogP contribution >= 0.6 is 86.9 Å². The van der Waals surface area contributed by atoms with Crippen LogP contribution in [0.4, 0.5) is 9.59 Å². The summed E-state index contributed by atoms with van der Waals surface area (Å²) in [5.41, 5.74) is 20.3. The van der Waals surface area contributed by atoms with Crippen molar-refractivity contribution in [2.24, 2.45) is 35.1 Å². The summed E-state index contributed by atoms with van der Waals surface area (Å²) in [6.07, 6.45) is 15.2. The molecule has 6 aliphatic rings. The van der Waals surface area contributed by atoms with Gasteiger partial charge in [-0.3, -0.25) is 19.8 Å². The molecule has 4 aromatic rings. The average Bonchev–Trinajstić information content (AvgIpc) is 3.63. The van der Waals surface area contributed by atoms with Gasteiger partial charge in [-0.15, -0.1) is 0 Å². The van der Waals surface area contributed by atoms with E-state index in [1.54, 1.807) is 16.0 Å². The first-order chi connectivity index (χ1) is 35.0. The van der Waals surface area contributed by atoms with E-state index in [0.717, 1.165) is 130 Å². The second-order valence-corrected chi connectivity index (χ2v) is 25.3. The lowest BCUT2D eigenvalue weighted by molar-refractivity contribution is -0.911. The zero-order valence-electron chi connectivity index (χ0n) is 40.8. The molecule has 5 N–H and O–H groups in total. The lowest BCUT2D eigenvalue weighted by Gasteiger charge is -2.38. The van der Waals surface area contributed by atoms with Gasteiger partial charge in [-0.25, -0.2) is 9.59 Å². The summed E-state index contributed by atoms with van der Waals surface area (Å²) >= 11 is 27.6. The zero-order chi connectivity index (χ0) is 51.7. The van der Waals surface area contributed by atoms with Gasteiger partial charge in [-0.2, -0.15) is 0 Å². The molecule has 2 aliphatic carbocycles. The number of aryl methyl sites for hydroxylation is 4. The van der Waals surface area contributed by atoms with Gasteiger partial charge in [0.15, 0.2) is 0 Å². The van der Waals surface area contributed by atoms with Gasteiger partial charge in [-0.1, -0.05) is 55.1 Å². The van der Waals surface area contributed by atoms with Crippen molar-refractivity contribution in [3.8, 4) is 0 Å². The molecular formula is C54H63Br4Cl2N8O5+. The van der Waals surface area contributed by atoms with Crippen molar-refractivity contribution in [2.75, 3.05) is 52.4 Å². The van der Waals surface area contributed by atoms with E-state index in [0.29, 0.717) is 74.9 Å². The number of amides is 6. The third-order valence-corrected chi connectivity index (χ3v) is 19.1. The number of nitrogens with two attached hydrogens (primary N) is 2. The van der Waals surface area contributed by atoms with Crippen LogP contribution in [0.25, 0.3) is 0 Å². The van der Waals surface area contributed by atoms with Gasteiger partial charge in [0, 0.05) is 111 Å². The van der Waals surface area contributed by atoms with Crippen molar-refractivity contribution in [3.63, 3.8) is 0 Å². The maximum absolute atomic E-state index is 13.1. The van der Waals surface area contributed by atoms with Crippen molar-refractivity contribution < 1.29 is 29.1 Å². The number of carbonyl (C=O) groups is 4. The molecule has 10 rings (SSSR count). The number of piperidine rings is 4. The minimum absolute atomic E-state index is 0.00683. The summed E-state index contributed by atoms with van der Waals surface area (Å²) in [5, 5.41) is 12.5. The highest BCUT2D eigenvalue weighted by Gasteiger charge is 2.42. The molecule has 2 atom stereocenters. The number of halogens is 6. The van der Waals surface area contributed by atoms with Crippen molar-refractivity contribution >= 4 is 111 Å². The highest BCUT2D eigenvalue weighted by molar-refractivity contribution is 9.11. The van der Waals surface area contributed by atoms with Crippen LogP contribution < -0.4 is 16.2 Å². The third-order valence-electron chi connectivity index (χ3n) is 16.5. The van der Waals surface area contributed by atoms with Crippen LogP contribution in [0.3, 0.4) is 0 Å². The average molecular weight is 1290 g/mol. The predicted molar refractivity (Wildman–Crippen MR) is 296 cm³/mol. The molecule has 0 saturated carbocycles. The number of benzene rings is 2. The Bertz CT molecular complexity index is 2680. The van der Waals surface area contributed by atoms with E-state index in [2.05, 4.69) is 88.0 Å². The Morgan fingerprint density at radius 3 is 1.45 bits per heavy atom. The van der Waals surface area contributed by atoms with Crippen molar-refractivity contribution in [2.45, 2.75) is 102 Å². The summed E-state index contributed by atoms with van der Waals surface area (Å²) < 4.78 is 5.16. The largest absolute Gasteiger partial charge is 0.351 e. The Morgan fingerprint density at radius 2 is 0.973 bits per heavy atom. The topological polar surface area (TPSA) is 170 Å². The molecule has 4 saturated heterocycles. The molecule has 4 aliphatic heterocycles. The summed E-state index contributed by atoms with van der Waals surface area (Å²) in [7, 11) is 0. The van der Waals surface area contributed by atoms with Gasteiger partial charge in [0.2, 0.25) is 23.7 Å². The zero-order valence-corrected chi connectivity index (χ0v) is 48.7. The molecule has 6 amide bonds. The molecule has 2 aromatic heterocycles. The fourth-order valence-corrected chi connectivity index (χ4v) is 15.8. The van der Waals surface area contributed by atoms with Gasteiger partial charge < -0.3 is 31.1 Å². The first kappa shape index (κ1) is 54.3. The number of likely N-dealkylation sites (tertiary alicyclic amines) is 4. The molecule has 0 spiro atoms. The number of aromatic nitrogens is 2. The molecule has 6 heterocycles. The van der Waals surface area contributed by atoms with Crippen LogP contribution in [0.15, 0.2) is 66.7 Å². The van der Waals surface area contributed by atoms with E-state index in [1.807, 2.05) is 28.1 Å². The van der Waals surface area contributed by atoms with Crippen LogP contribution in [0, 0.1) is 23.7 Å². The molecule has 19 heteroatoms. The Morgan fingerprint density at radius 1 is 0.562 bits per heavy atom. The van der Waals surface area contributed by atoms with E-state index in [4.69, 9.17) is 39.7 Å². The Balaban J connectivity index is 0.000000180. The quantitative estimate of drug-likeness (QED) is 0.128. The van der Waals surface area contributed by atoms with Gasteiger partial charge in [0.05, 0.1) is 16.1 Å². The van der Waals surface area contributed by atoms with Gasteiger partial charge >= 0.3 is 12.1 Å². The Kier molecular flexibility index (Phi) is 17.7. The first-order valence-electron chi connectivity index (χ1n) is 25.7.